The minimum atomic E-state index is 0.113. The summed E-state index contributed by atoms with van der Waals surface area (Å²) in [7, 11) is 0. The van der Waals surface area contributed by atoms with Crippen molar-refractivity contribution >= 4 is 22.8 Å². The van der Waals surface area contributed by atoms with Crippen molar-refractivity contribution < 1.29 is 4.79 Å². The molecule has 1 aromatic heterocycles. The monoisotopic (exact) mass is 346 g/mol. The fourth-order valence-electron chi connectivity index (χ4n) is 3.49. The number of carbonyl (C=O) groups is 1. The summed E-state index contributed by atoms with van der Waals surface area (Å²) < 4.78 is 0. The van der Waals surface area contributed by atoms with Gasteiger partial charge in [-0.05, 0) is 43.5 Å². The number of para-hydroxylation sites is 2. The van der Waals surface area contributed by atoms with Gasteiger partial charge in [-0.25, -0.2) is 4.98 Å². The molecule has 0 radical (unpaired) electrons. The first-order valence-corrected chi connectivity index (χ1v) is 9.13. The first-order chi connectivity index (χ1) is 12.8. The Morgan fingerprint density at radius 1 is 1.04 bits per heavy atom. The highest BCUT2D eigenvalue weighted by molar-refractivity contribution is 5.94. The van der Waals surface area contributed by atoms with Gasteiger partial charge >= 0.3 is 0 Å². The summed E-state index contributed by atoms with van der Waals surface area (Å²) in [6, 6.07) is 17.5. The molecule has 1 atom stereocenters. The fraction of sp³-hybridized carbons (Fsp3) is 0.286. The number of amides is 1. The van der Waals surface area contributed by atoms with Crippen LogP contribution in [0.2, 0.25) is 0 Å². The highest BCUT2D eigenvalue weighted by atomic mass is 16.2. The van der Waals surface area contributed by atoms with Gasteiger partial charge in [0.25, 0.3) is 5.91 Å². The van der Waals surface area contributed by atoms with Crippen molar-refractivity contribution in [2.45, 2.75) is 25.3 Å². The van der Waals surface area contributed by atoms with E-state index in [0.29, 0.717) is 6.54 Å². The second-order valence-corrected chi connectivity index (χ2v) is 6.64. The molecule has 0 aliphatic carbocycles. The van der Waals surface area contributed by atoms with Crippen molar-refractivity contribution in [3.8, 4) is 0 Å². The molecule has 1 fully saturated rings. The topological polar surface area (TPSA) is 58.1 Å². The zero-order valence-corrected chi connectivity index (χ0v) is 14.6. The number of hydrogen-bond acceptors (Lipinski definition) is 4. The summed E-state index contributed by atoms with van der Waals surface area (Å²) in [4.78, 5) is 23.9. The van der Waals surface area contributed by atoms with Crippen LogP contribution in [-0.4, -0.2) is 39.9 Å². The molecule has 5 heteroatoms. The molecular formula is C21H22N4O. The third kappa shape index (κ3) is 3.52. The molecule has 2 aromatic carbocycles. The summed E-state index contributed by atoms with van der Waals surface area (Å²) >= 11 is 0. The number of aromatic nitrogens is 2. The van der Waals surface area contributed by atoms with Crippen molar-refractivity contribution in [3.63, 3.8) is 0 Å². The van der Waals surface area contributed by atoms with Gasteiger partial charge < -0.3 is 10.2 Å². The van der Waals surface area contributed by atoms with Gasteiger partial charge in [-0.15, -0.1) is 0 Å². The number of rotatable bonds is 4. The number of hydrogen-bond donors (Lipinski definition) is 1. The number of anilines is 1. The molecule has 132 valence electrons. The zero-order chi connectivity index (χ0) is 17.8. The molecule has 0 spiro atoms. The van der Waals surface area contributed by atoms with Gasteiger partial charge in [0.2, 0.25) is 0 Å². The van der Waals surface area contributed by atoms with E-state index in [0.717, 1.165) is 48.2 Å². The van der Waals surface area contributed by atoms with Crippen molar-refractivity contribution in [1.29, 1.82) is 0 Å². The van der Waals surface area contributed by atoms with Crippen LogP contribution in [0, 0.1) is 0 Å². The van der Waals surface area contributed by atoms with Crippen LogP contribution in [0.15, 0.2) is 60.8 Å². The van der Waals surface area contributed by atoms with Crippen molar-refractivity contribution in [1.82, 2.24) is 14.9 Å². The molecule has 2 heterocycles. The summed E-state index contributed by atoms with van der Waals surface area (Å²) in [5.41, 5.74) is 2.51. The summed E-state index contributed by atoms with van der Waals surface area (Å²) in [5, 5.41) is 3.38. The lowest BCUT2D eigenvalue weighted by atomic mass is 10.0. The number of carbonyl (C=O) groups excluding carboxylic acids is 1. The van der Waals surface area contributed by atoms with Gasteiger partial charge in [0.05, 0.1) is 17.2 Å². The average Bonchev–Trinajstić information content (AvgIpc) is 2.72. The third-order valence-corrected chi connectivity index (χ3v) is 4.88. The van der Waals surface area contributed by atoms with Crippen LogP contribution in [0.5, 0.6) is 0 Å². The summed E-state index contributed by atoms with van der Waals surface area (Å²) in [6.07, 6.45) is 4.97. The van der Waals surface area contributed by atoms with E-state index in [2.05, 4.69) is 15.3 Å². The van der Waals surface area contributed by atoms with Gasteiger partial charge in [-0.3, -0.25) is 9.78 Å². The molecule has 1 aliphatic heterocycles. The molecule has 1 amide bonds. The third-order valence-electron chi connectivity index (χ3n) is 4.88. The smallest absolute Gasteiger partial charge is 0.254 e. The second-order valence-electron chi connectivity index (χ2n) is 6.64. The standard InChI is InChI=1S/C21H22N4O/c26-21(16-8-2-1-3-9-16)25-13-7-6-10-17(25)14-23-20-15-22-18-11-4-5-12-19(18)24-20/h1-5,8-9,11-12,15,17H,6-7,10,13-14H2,(H,23,24). The molecule has 3 aromatic rings. The number of likely N-dealkylation sites (tertiary alicyclic amines) is 1. The predicted octanol–water partition coefficient (Wildman–Crippen LogP) is 3.74. The lowest BCUT2D eigenvalue weighted by molar-refractivity contribution is 0.0628. The van der Waals surface area contributed by atoms with Crippen LogP contribution in [-0.2, 0) is 0 Å². The Bertz CT molecular complexity index is 897. The largest absolute Gasteiger partial charge is 0.367 e. The minimum absolute atomic E-state index is 0.113. The maximum atomic E-state index is 12.9. The van der Waals surface area contributed by atoms with E-state index in [4.69, 9.17) is 0 Å². The predicted molar refractivity (Wildman–Crippen MR) is 103 cm³/mol. The Hall–Kier alpha value is -2.95. The molecular weight excluding hydrogens is 324 g/mol. The van der Waals surface area contributed by atoms with E-state index < -0.39 is 0 Å². The number of fused-ring (bicyclic) bond motifs is 1. The quantitative estimate of drug-likeness (QED) is 0.782. The van der Waals surface area contributed by atoms with Crippen LogP contribution in [0.1, 0.15) is 29.6 Å². The van der Waals surface area contributed by atoms with Crippen LogP contribution in [0.4, 0.5) is 5.82 Å². The number of nitrogens with one attached hydrogen (secondary N) is 1. The molecule has 1 aliphatic rings. The molecule has 0 saturated carbocycles. The first-order valence-electron chi connectivity index (χ1n) is 9.13. The van der Waals surface area contributed by atoms with E-state index in [1.54, 1.807) is 6.20 Å². The highest BCUT2D eigenvalue weighted by Gasteiger charge is 2.27. The zero-order valence-electron chi connectivity index (χ0n) is 14.6. The Morgan fingerprint density at radius 3 is 2.65 bits per heavy atom. The Balaban J connectivity index is 1.47. The van der Waals surface area contributed by atoms with E-state index in [1.165, 1.54) is 0 Å². The Labute approximate surface area is 153 Å². The summed E-state index contributed by atoms with van der Waals surface area (Å²) in [5.74, 6) is 0.864. The fourth-order valence-corrected chi connectivity index (χ4v) is 3.49. The van der Waals surface area contributed by atoms with E-state index >= 15 is 0 Å². The van der Waals surface area contributed by atoms with Gasteiger partial charge in [-0.1, -0.05) is 30.3 Å². The molecule has 4 rings (SSSR count). The van der Waals surface area contributed by atoms with Gasteiger partial charge in [0.15, 0.2) is 0 Å². The van der Waals surface area contributed by atoms with E-state index in [9.17, 15) is 4.79 Å². The van der Waals surface area contributed by atoms with Gasteiger partial charge in [-0.2, -0.15) is 0 Å². The van der Waals surface area contributed by atoms with Crippen molar-refractivity contribution in [2.24, 2.45) is 0 Å². The van der Waals surface area contributed by atoms with E-state index in [-0.39, 0.29) is 11.9 Å². The SMILES string of the molecule is O=C(c1ccccc1)N1CCCCC1CNc1cnc2ccccc2n1. The molecule has 5 nitrogen and oxygen atoms in total. The van der Waals surface area contributed by atoms with E-state index in [1.807, 2.05) is 59.5 Å². The Kier molecular flexibility index (Phi) is 4.78. The normalized spacial score (nSPS) is 17.2. The van der Waals surface area contributed by atoms with Crippen LogP contribution < -0.4 is 5.32 Å². The van der Waals surface area contributed by atoms with Crippen molar-refractivity contribution in [3.05, 3.63) is 66.4 Å². The lowest BCUT2D eigenvalue weighted by Crippen LogP contribution is -2.47. The Morgan fingerprint density at radius 2 is 1.81 bits per heavy atom. The van der Waals surface area contributed by atoms with Gasteiger partial charge in [0, 0.05) is 24.7 Å². The lowest BCUT2D eigenvalue weighted by Gasteiger charge is -2.36. The van der Waals surface area contributed by atoms with Gasteiger partial charge in [0.1, 0.15) is 5.82 Å². The van der Waals surface area contributed by atoms with Crippen LogP contribution in [0.25, 0.3) is 11.0 Å². The molecule has 1 N–H and O–H groups in total. The number of benzene rings is 2. The number of nitrogens with zero attached hydrogens (tertiary/aromatic N) is 3. The maximum Gasteiger partial charge on any atom is 0.254 e. The number of piperidine rings is 1. The molecule has 26 heavy (non-hydrogen) atoms. The molecule has 1 unspecified atom stereocenters. The summed E-state index contributed by atoms with van der Waals surface area (Å²) in [6.45, 7) is 1.50. The molecule has 0 bridgehead atoms. The van der Waals surface area contributed by atoms with Crippen LogP contribution >= 0.6 is 0 Å². The minimum Gasteiger partial charge on any atom is -0.367 e. The first kappa shape index (κ1) is 16.5. The maximum absolute atomic E-state index is 12.9. The van der Waals surface area contributed by atoms with Crippen LogP contribution in [0.3, 0.4) is 0 Å². The highest BCUT2D eigenvalue weighted by Crippen LogP contribution is 2.20. The van der Waals surface area contributed by atoms with Crippen molar-refractivity contribution in [2.75, 3.05) is 18.4 Å². The second kappa shape index (κ2) is 7.52. The average molecular weight is 346 g/mol. The molecule has 1 saturated heterocycles.